The van der Waals surface area contributed by atoms with E-state index in [2.05, 4.69) is 0 Å². The van der Waals surface area contributed by atoms with E-state index >= 15 is 0 Å². The van der Waals surface area contributed by atoms with Gasteiger partial charge in [-0.15, -0.1) is 0 Å². The maximum absolute atomic E-state index is 9.87. The maximum atomic E-state index is 9.87. The van der Waals surface area contributed by atoms with Crippen molar-refractivity contribution in [2.75, 3.05) is 6.61 Å². The minimum absolute atomic E-state index is 0. The van der Waals surface area contributed by atoms with Crippen molar-refractivity contribution in [3.63, 3.8) is 0 Å². The Bertz CT molecular complexity index is 136. The Morgan fingerprint density at radius 1 is 1.60 bits per heavy atom. The highest BCUT2D eigenvalue weighted by Gasteiger charge is 2.36. The first-order valence-corrected chi connectivity index (χ1v) is 2.79. The number of carboxylic acids is 1. The molecule has 0 aliphatic carbocycles. The summed E-state index contributed by atoms with van der Waals surface area (Å²) >= 11 is 0. The van der Waals surface area contributed by atoms with Gasteiger partial charge in [-0.2, -0.15) is 0 Å². The molecule has 0 bridgehead atoms. The molecule has 0 fully saturated rings. The third kappa shape index (κ3) is 2.39. The van der Waals surface area contributed by atoms with Crippen molar-refractivity contribution in [1.29, 1.82) is 0 Å². The molecule has 0 aromatic rings. The van der Waals surface area contributed by atoms with Crippen LogP contribution in [-0.4, -0.2) is 33.2 Å². The van der Waals surface area contributed by atoms with Crippen molar-refractivity contribution in [3.8, 4) is 0 Å². The van der Waals surface area contributed by atoms with Crippen molar-refractivity contribution < 1.29 is 24.7 Å². The molecule has 5 nitrogen and oxygen atoms in total. The van der Waals surface area contributed by atoms with E-state index in [0.717, 1.165) is 0 Å². The largest absolute Gasteiger partial charge is 0.478 e. The molecular formula is C4H9O5P. The fraction of sp³-hybridized carbons (Fsp3) is 0.750. The molecule has 0 spiro atoms. The molecular weight excluding hydrogens is 159 g/mol. The van der Waals surface area contributed by atoms with Crippen LogP contribution >= 0.6 is 8.46 Å². The lowest BCUT2D eigenvalue weighted by Crippen LogP contribution is -2.35. The average Bonchev–Trinajstić information content (AvgIpc) is 1.86. The van der Waals surface area contributed by atoms with Gasteiger partial charge < -0.3 is 15.3 Å². The molecule has 0 amide bonds. The van der Waals surface area contributed by atoms with Crippen LogP contribution in [0.4, 0.5) is 0 Å². The average molecular weight is 168 g/mol. The first-order chi connectivity index (χ1) is 4.06. The number of carbonyl (C=O) groups is 1. The zero-order valence-corrected chi connectivity index (χ0v) is 5.21. The van der Waals surface area contributed by atoms with E-state index in [-0.39, 0.29) is 7.43 Å². The van der Waals surface area contributed by atoms with E-state index in [1.807, 2.05) is 0 Å². The van der Waals surface area contributed by atoms with Gasteiger partial charge in [0.2, 0.25) is 8.46 Å². The summed E-state index contributed by atoms with van der Waals surface area (Å²) in [7, 11) is -1.01. The lowest BCUT2D eigenvalue weighted by molar-refractivity contribution is -0.152. The third-order valence-electron chi connectivity index (χ3n) is 0.714. The van der Waals surface area contributed by atoms with Gasteiger partial charge in [-0.25, -0.2) is 4.79 Å². The smallest absolute Gasteiger partial charge is 0.350 e. The van der Waals surface area contributed by atoms with Gasteiger partial charge in [-0.05, 0) is 0 Å². The monoisotopic (exact) mass is 168 g/mol. The highest BCUT2D eigenvalue weighted by atomic mass is 31.1. The number of aliphatic hydroxyl groups is 2. The summed E-state index contributed by atoms with van der Waals surface area (Å²) < 4.78 is 9.81. The minimum Gasteiger partial charge on any atom is -0.478 e. The molecule has 0 radical (unpaired) electrons. The SMILES string of the molecule is C.O=PC(O)(CO)C(=O)O. The Hall–Kier alpha value is -0.510. The van der Waals surface area contributed by atoms with Crippen LogP contribution < -0.4 is 0 Å². The summed E-state index contributed by atoms with van der Waals surface area (Å²) in [5.74, 6) is -1.71. The van der Waals surface area contributed by atoms with E-state index in [1.54, 1.807) is 0 Å². The zero-order chi connectivity index (χ0) is 7.49. The number of aliphatic hydroxyl groups excluding tert-OH is 1. The van der Waals surface area contributed by atoms with Crippen LogP contribution in [0.5, 0.6) is 0 Å². The van der Waals surface area contributed by atoms with E-state index in [1.165, 1.54) is 0 Å². The Morgan fingerprint density at radius 2 is 2.00 bits per heavy atom. The topological polar surface area (TPSA) is 94.8 Å². The number of aliphatic carboxylic acids is 1. The quantitative estimate of drug-likeness (QED) is 0.502. The van der Waals surface area contributed by atoms with Crippen LogP contribution in [0, 0.1) is 0 Å². The molecule has 10 heavy (non-hydrogen) atoms. The summed E-state index contributed by atoms with van der Waals surface area (Å²) in [5, 5.41) is 22.1. The van der Waals surface area contributed by atoms with Crippen molar-refractivity contribution in [2.45, 2.75) is 12.8 Å². The standard InChI is InChI=1S/C3H5O5P.CH4/c4-1-3(7,9-8)2(5)6;/h4,7H,1H2,(H,5,6);1H4. The Morgan fingerprint density at radius 3 is 2.00 bits per heavy atom. The first-order valence-electron chi connectivity index (χ1n) is 1.98. The zero-order valence-electron chi connectivity index (χ0n) is 4.31. The minimum atomic E-state index is -2.53. The van der Waals surface area contributed by atoms with E-state index in [9.17, 15) is 9.36 Å². The molecule has 0 aromatic heterocycles. The molecule has 1 unspecified atom stereocenters. The van der Waals surface area contributed by atoms with Crippen LogP contribution in [0.25, 0.3) is 0 Å². The van der Waals surface area contributed by atoms with E-state index in [0.29, 0.717) is 0 Å². The summed E-state index contributed by atoms with van der Waals surface area (Å²) in [6.07, 6.45) is 0. The van der Waals surface area contributed by atoms with Gasteiger partial charge in [0.15, 0.2) is 0 Å². The number of hydrogen-bond donors (Lipinski definition) is 3. The predicted octanol–water partition coefficient (Wildman–Crippen LogP) is -0.320. The molecule has 1 atom stereocenters. The lowest BCUT2D eigenvalue weighted by atomic mass is 10.4. The van der Waals surface area contributed by atoms with Gasteiger partial charge >= 0.3 is 5.97 Å². The van der Waals surface area contributed by atoms with Crippen molar-refractivity contribution in [1.82, 2.24) is 0 Å². The Balaban J connectivity index is 0. The summed E-state index contributed by atoms with van der Waals surface area (Å²) in [4.78, 5) is 9.87. The van der Waals surface area contributed by atoms with Gasteiger partial charge in [0.25, 0.3) is 5.34 Å². The summed E-state index contributed by atoms with van der Waals surface area (Å²) in [6.45, 7) is -1.06. The van der Waals surface area contributed by atoms with Gasteiger partial charge in [0.1, 0.15) is 0 Å². The predicted molar refractivity (Wildman–Crippen MR) is 34.0 cm³/mol. The second kappa shape index (κ2) is 4.33. The van der Waals surface area contributed by atoms with Gasteiger partial charge in [-0.3, -0.25) is 4.57 Å². The first kappa shape index (κ1) is 12.2. The molecule has 0 rings (SSSR count). The van der Waals surface area contributed by atoms with E-state index in [4.69, 9.17) is 15.3 Å². The normalized spacial score (nSPS) is 15.4. The van der Waals surface area contributed by atoms with Gasteiger partial charge in [-0.1, -0.05) is 7.43 Å². The number of rotatable bonds is 3. The molecule has 60 valence electrons. The maximum Gasteiger partial charge on any atom is 0.350 e. The highest BCUT2D eigenvalue weighted by Crippen LogP contribution is 2.18. The Kier molecular flexibility index (Phi) is 5.28. The van der Waals surface area contributed by atoms with Crippen LogP contribution in [0.3, 0.4) is 0 Å². The summed E-state index contributed by atoms with van der Waals surface area (Å²) in [5.41, 5.74) is 0. The van der Waals surface area contributed by atoms with Crippen LogP contribution in [-0.2, 0) is 9.36 Å². The van der Waals surface area contributed by atoms with Crippen LogP contribution in [0.15, 0.2) is 0 Å². The fourth-order valence-electron chi connectivity index (χ4n) is 0.136. The van der Waals surface area contributed by atoms with Crippen molar-refractivity contribution >= 4 is 14.4 Å². The van der Waals surface area contributed by atoms with Crippen LogP contribution in [0.2, 0.25) is 0 Å². The third-order valence-corrected chi connectivity index (χ3v) is 1.35. The summed E-state index contributed by atoms with van der Waals surface area (Å²) in [6, 6.07) is 0. The molecule has 0 aromatic carbocycles. The molecule has 0 aliphatic heterocycles. The highest BCUT2D eigenvalue weighted by molar-refractivity contribution is 7.27. The number of hydrogen-bond acceptors (Lipinski definition) is 4. The van der Waals surface area contributed by atoms with Crippen molar-refractivity contribution in [3.05, 3.63) is 0 Å². The molecule has 0 saturated heterocycles. The fourth-order valence-corrected chi connectivity index (χ4v) is 0.271. The molecule has 3 N–H and O–H groups in total. The lowest BCUT2D eigenvalue weighted by Gasteiger charge is -2.09. The molecule has 0 heterocycles. The van der Waals surface area contributed by atoms with Crippen LogP contribution in [0.1, 0.15) is 7.43 Å². The number of carboxylic acid groups (broad SMARTS) is 1. The second-order valence-electron chi connectivity index (χ2n) is 1.37. The molecule has 6 heteroatoms. The van der Waals surface area contributed by atoms with Gasteiger partial charge in [0.05, 0.1) is 6.61 Å². The second-order valence-corrected chi connectivity index (χ2v) is 2.29. The molecule has 0 aliphatic rings. The van der Waals surface area contributed by atoms with Crippen molar-refractivity contribution in [2.24, 2.45) is 0 Å². The van der Waals surface area contributed by atoms with Gasteiger partial charge in [0, 0.05) is 0 Å². The Labute approximate surface area is 59.5 Å². The van der Waals surface area contributed by atoms with E-state index < -0.39 is 26.4 Å². The molecule has 0 saturated carbocycles.